The van der Waals surface area contributed by atoms with E-state index in [1.165, 1.54) is 59.9 Å². The van der Waals surface area contributed by atoms with Crippen molar-refractivity contribution in [2.45, 2.75) is 34.3 Å². The molecule has 0 saturated carbocycles. The summed E-state index contributed by atoms with van der Waals surface area (Å²) in [7, 11) is -4.02. The number of fused-ring (bicyclic) bond motifs is 1. The summed E-state index contributed by atoms with van der Waals surface area (Å²) in [6.07, 6.45) is 0. The number of carboxylic acids is 1. The maximum Gasteiger partial charge on any atom is 0.352 e. The van der Waals surface area contributed by atoms with Gasteiger partial charge in [0.2, 0.25) is 15.9 Å². The number of aliphatic hydroxyl groups excluding tert-OH is 2. The van der Waals surface area contributed by atoms with Crippen LogP contribution in [0, 0.1) is 6.92 Å². The number of carboxylic acid groups (broad SMARTS) is 1. The molecule has 0 spiro atoms. The highest BCUT2D eigenvalue weighted by Crippen LogP contribution is 2.42. The third kappa shape index (κ3) is 8.27. The minimum Gasteiger partial charge on any atom is -0.477 e. The highest BCUT2D eigenvalue weighted by atomic mass is 32.2. The van der Waals surface area contributed by atoms with Crippen molar-refractivity contribution in [2.24, 2.45) is 0 Å². The van der Waals surface area contributed by atoms with Gasteiger partial charge in [0.15, 0.2) is 0 Å². The van der Waals surface area contributed by atoms with E-state index in [9.17, 15) is 47.7 Å². The van der Waals surface area contributed by atoms with Gasteiger partial charge in [-0.2, -0.15) is 14.6 Å². The van der Waals surface area contributed by atoms with Gasteiger partial charge in [-0.1, -0.05) is 54.2 Å². The summed E-state index contributed by atoms with van der Waals surface area (Å²) >= 11 is 2.58. The lowest BCUT2D eigenvalue weighted by Gasteiger charge is -2.49. The Morgan fingerprint density at radius 2 is 1.71 bits per heavy atom. The van der Waals surface area contributed by atoms with Gasteiger partial charge in [0.05, 0.1) is 23.8 Å². The molecular weight excluding hydrogens is 789 g/mol. The van der Waals surface area contributed by atoms with Crippen LogP contribution in [0.4, 0.5) is 0 Å². The van der Waals surface area contributed by atoms with Gasteiger partial charge >= 0.3 is 5.97 Å². The molecule has 4 heterocycles. The number of H-pyrrole nitrogens is 2. The summed E-state index contributed by atoms with van der Waals surface area (Å²) in [5.41, 5.74) is 0.913. The van der Waals surface area contributed by atoms with Crippen LogP contribution in [-0.4, -0.2) is 126 Å². The Kier molecular flexibility index (Phi) is 12.4. The molecule has 56 heavy (non-hydrogen) atoms. The van der Waals surface area contributed by atoms with Crippen molar-refractivity contribution in [2.75, 3.05) is 37.8 Å². The number of carbonyl (C=O) groups excluding carboxylic acids is 3. The van der Waals surface area contributed by atoms with Gasteiger partial charge in [-0.3, -0.25) is 24.1 Å². The Morgan fingerprint density at radius 3 is 2.32 bits per heavy atom. The van der Waals surface area contributed by atoms with Crippen molar-refractivity contribution >= 4 is 57.2 Å². The number of aromatic amines is 2. The molecule has 0 aliphatic carbocycles. The number of nitrogens with one attached hydrogen (secondary N) is 4. The van der Waals surface area contributed by atoms with Crippen LogP contribution in [0.15, 0.2) is 92.7 Å². The number of aliphatic hydroxyl groups is 2. The second-order valence-electron chi connectivity index (χ2n) is 12.5. The zero-order chi connectivity index (χ0) is 40.1. The SMILES string of the molecule is Cc1n[nH]nc1SCC1=C(C(=O)O)N2C(=O)C(NC(=O)C(NC(=O)c3ccc(-c4ccc(S(=O)(=O)N(CCO)CCO)cc4)[nH]c3=O)c3ccccc3)[C@@H]2SC1. The van der Waals surface area contributed by atoms with E-state index in [0.29, 0.717) is 27.4 Å². The normalized spacial score (nSPS) is 17.3. The predicted molar refractivity (Wildman–Crippen MR) is 204 cm³/mol. The lowest BCUT2D eigenvalue weighted by atomic mass is 10.0. The van der Waals surface area contributed by atoms with Crippen molar-refractivity contribution < 1.29 is 42.9 Å². The smallest absolute Gasteiger partial charge is 0.352 e. The van der Waals surface area contributed by atoms with Crippen LogP contribution in [-0.2, 0) is 24.4 Å². The lowest BCUT2D eigenvalue weighted by molar-refractivity contribution is -0.151. The van der Waals surface area contributed by atoms with E-state index < -0.39 is 69.9 Å². The van der Waals surface area contributed by atoms with Crippen LogP contribution in [0.25, 0.3) is 11.3 Å². The van der Waals surface area contributed by atoms with Gasteiger partial charge < -0.3 is 30.9 Å². The van der Waals surface area contributed by atoms with Crippen LogP contribution in [0.5, 0.6) is 0 Å². The molecule has 18 nitrogen and oxygen atoms in total. The van der Waals surface area contributed by atoms with Gasteiger partial charge in [-0.05, 0) is 47.9 Å². The number of amides is 3. The van der Waals surface area contributed by atoms with E-state index >= 15 is 0 Å². The quantitative estimate of drug-likeness (QED) is 0.0598. The Hall–Kier alpha value is -5.32. The first-order valence-electron chi connectivity index (χ1n) is 17.0. The summed E-state index contributed by atoms with van der Waals surface area (Å²) < 4.78 is 26.9. The number of pyridine rings is 1. The lowest BCUT2D eigenvalue weighted by Crippen LogP contribution is -2.71. The zero-order valence-corrected chi connectivity index (χ0v) is 32.0. The molecule has 3 atom stereocenters. The molecule has 0 radical (unpaired) electrons. The highest BCUT2D eigenvalue weighted by Gasteiger charge is 2.54. The van der Waals surface area contributed by atoms with Crippen molar-refractivity contribution in [3.8, 4) is 11.3 Å². The largest absolute Gasteiger partial charge is 0.477 e. The number of sulfonamides is 1. The minimum absolute atomic E-state index is 0.0954. The number of β-lactam (4-membered cyclic amide) rings is 1. The van der Waals surface area contributed by atoms with Crippen molar-refractivity contribution in [1.29, 1.82) is 0 Å². The van der Waals surface area contributed by atoms with Gasteiger partial charge in [-0.25, -0.2) is 13.2 Å². The molecular formula is C35H36N8O10S3. The number of rotatable bonds is 16. The van der Waals surface area contributed by atoms with Crippen LogP contribution >= 0.6 is 23.5 Å². The van der Waals surface area contributed by atoms with E-state index in [1.54, 1.807) is 37.3 Å². The minimum atomic E-state index is -4.02. The van der Waals surface area contributed by atoms with E-state index in [0.717, 1.165) is 9.21 Å². The average molecular weight is 825 g/mol. The van der Waals surface area contributed by atoms with Crippen molar-refractivity contribution in [3.63, 3.8) is 0 Å². The molecule has 2 aromatic carbocycles. The maximum absolute atomic E-state index is 13.8. The molecule has 0 bridgehead atoms. The molecule has 2 unspecified atom stereocenters. The second-order valence-corrected chi connectivity index (χ2v) is 16.5. The number of carbonyl (C=O) groups is 4. The van der Waals surface area contributed by atoms with Crippen molar-refractivity contribution in [3.05, 3.63) is 105 Å². The van der Waals surface area contributed by atoms with E-state index in [4.69, 9.17) is 0 Å². The van der Waals surface area contributed by atoms with Gasteiger partial charge in [0.1, 0.15) is 33.7 Å². The third-order valence-corrected chi connectivity index (χ3v) is 13.3. The van der Waals surface area contributed by atoms with Crippen LogP contribution in [0.2, 0.25) is 0 Å². The van der Waals surface area contributed by atoms with E-state index in [1.807, 2.05) is 0 Å². The predicted octanol–water partition coefficient (Wildman–Crippen LogP) is 0.446. The fourth-order valence-electron chi connectivity index (χ4n) is 6.10. The Balaban J connectivity index is 1.16. The van der Waals surface area contributed by atoms with Crippen LogP contribution in [0.1, 0.15) is 27.7 Å². The van der Waals surface area contributed by atoms with E-state index in [-0.39, 0.29) is 46.4 Å². The van der Waals surface area contributed by atoms with Crippen LogP contribution in [0.3, 0.4) is 0 Å². The summed E-state index contributed by atoms with van der Waals surface area (Å²) in [6.45, 7) is 0.475. The summed E-state index contributed by atoms with van der Waals surface area (Å²) in [4.78, 5) is 69.9. The maximum atomic E-state index is 13.8. The fraction of sp³-hybridized carbons (Fsp3) is 0.286. The zero-order valence-electron chi connectivity index (χ0n) is 29.5. The number of thioether (sulfide) groups is 2. The number of hydrogen-bond donors (Lipinski definition) is 7. The van der Waals surface area contributed by atoms with Gasteiger partial charge in [0.25, 0.3) is 17.4 Å². The molecule has 2 aromatic heterocycles. The molecule has 4 aromatic rings. The Labute approximate surface area is 327 Å². The Bertz CT molecular complexity index is 2330. The highest BCUT2D eigenvalue weighted by molar-refractivity contribution is 8.01. The molecule has 2 aliphatic rings. The summed E-state index contributed by atoms with van der Waals surface area (Å²) in [5, 5.41) is 44.2. The molecule has 1 fully saturated rings. The molecule has 2 aliphatic heterocycles. The Morgan fingerprint density at radius 1 is 1.02 bits per heavy atom. The van der Waals surface area contributed by atoms with Crippen molar-refractivity contribution in [1.82, 2.24) is 40.2 Å². The number of hydrogen-bond acceptors (Lipinski definition) is 13. The van der Waals surface area contributed by atoms with Gasteiger partial charge in [-0.15, -0.1) is 16.9 Å². The van der Waals surface area contributed by atoms with Gasteiger partial charge in [0, 0.05) is 30.3 Å². The number of aryl methyl sites for hydroxylation is 1. The first-order valence-corrected chi connectivity index (χ1v) is 20.4. The number of benzene rings is 2. The topological polar surface area (TPSA) is 268 Å². The monoisotopic (exact) mass is 824 g/mol. The number of nitrogens with zero attached hydrogens (tertiary/aromatic N) is 4. The van der Waals surface area contributed by atoms with Crippen LogP contribution < -0.4 is 16.2 Å². The molecule has 21 heteroatoms. The third-order valence-electron chi connectivity index (χ3n) is 8.94. The molecule has 3 amide bonds. The van der Waals surface area contributed by atoms with E-state index in [2.05, 4.69) is 31.0 Å². The summed E-state index contributed by atoms with van der Waals surface area (Å²) in [6, 6.07) is 14.0. The molecule has 6 rings (SSSR count). The molecule has 294 valence electrons. The number of aromatic nitrogens is 4. The first kappa shape index (κ1) is 40.3. The first-order chi connectivity index (χ1) is 26.8. The second kappa shape index (κ2) is 17.2. The summed E-state index contributed by atoms with van der Waals surface area (Å²) in [5.74, 6) is -3.03. The standard InChI is InChI=1S/C35H36N8O10S3/c1-19-32(40-41-39-19)54-17-22-18-55-34-27(33(49)43(34)28(22)35(50)51)38-31(48)26(21-5-3-2-4-6-21)37-30(47)24-11-12-25(36-29(24)46)20-7-9-23(10-8-20)56(52,53)42(13-15-44)14-16-45/h2-12,26-27,34,44-45H,13-18H2,1H3,(H,36,46)(H,37,47)(H,38,48)(H,50,51)(H,39,40,41)/t26?,27?,34-/m0/s1. The molecule has 7 N–H and O–H groups in total. The molecule has 1 saturated heterocycles. The number of aliphatic carboxylic acids is 1. The average Bonchev–Trinajstić information content (AvgIpc) is 3.61. The fourth-order valence-corrected chi connectivity index (χ4v) is 9.91.